The summed E-state index contributed by atoms with van der Waals surface area (Å²) < 4.78 is 25.6. The van der Waals surface area contributed by atoms with Crippen LogP contribution in [-0.2, 0) is 6.54 Å². The van der Waals surface area contributed by atoms with Crippen molar-refractivity contribution in [2.24, 2.45) is 0 Å². The number of alkyl halides is 2. The highest BCUT2D eigenvalue weighted by Gasteiger charge is 2.14. The van der Waals surface area contributed by atoms with E-state index in [1.807, 2.05) is 0 Å². The Morgan fingerprint density at radius 1 is 1.29 bits per heavy atom. The topological polar surface area (TPSA) is 15.3 Å². The quantitative estimate of drug-likeness (QED) is 0.924. The lowest BCUT2D eigenvalue weighted by molar-refractivity contribution is 0.150. The molecule has 0 aromatic heterocycles. The van der Waals surface area contributed by atoms with Crippen LogP contribution in [0.25, 0.3) is 0 Å². The zero-order chi connectivity index (χ0) is 12.3. The van der Waals surface area contributed by atoms with Crippen LogP contribution in [0.15, 0.2) is 22.7 Å². The molecule has 0 saturated carbocycles. The van der Waals surface area contributed by atoms with E-state index in [0.717, 1.165) is 38.3 Å². The maximum absolute atomic E-state index is 12.6. The molecule has 5 heteroatoms. The molecular formula is C12H15BrF2N2. The van der Waals surface area contributed by atoms with E-state index < -0.39 is 6.43 Å². The molecule has 0 amide bonds. The van der Waals surface area contributed by atoms with Gasteiger partial charge in [0.15, 0.2) is 0 Å². The first kappa shape index (κ1) is 12.9. The van der Waals surface area contributed by atoms with Crippen LogP contribution in [0.2, 0.25) is 0 Å². The van der Waals surface area contributed by atoms with E-state index >= 15 is 0 Å². The predicted octanol–water partition coefficient (Wildman–Crippen LogP) is 2.79. The van der Waals surface area contributed by atoms with E-state index in [1.54, 1.807) is 12.1 Å². The molecule has 1 aromatic carbocycles. The van der Waals surface area contributed by atoms with Crippen molar-refractivity contribution in [2.45, 2.75) is 13.0 Å². The Morgan fingerprint density at radius 2 is 2.00 bits per heavy atom. The predicted molar refractivity (Wildman–Crippen MR) is 67.2 cm³/mol. The Balaban J connectivity index is 2.04. The minimum absolute atomic E-state index is 0.0639. The summed E-state index contributed by atoms with van der Waals surface area (Å²) in [5, 5.41) is 3.29. The number of nitrogens with one attached hydrogen (secondary N) is 1. The summed E-state index contributed by atoms with van der Waals surface area (Å²) in [6.07, 6.45) is -2.42. The van der Waals surface area contributed by atoms with E-state index in [2.05, 4.69) is 26.1 Å². The molecule has 0 spiro atoms. The standard InChI is InChI=1S/C12H15BrF2N2/c13-11-7-9(1-2-10(11)12(14)15)8-17-5-3-16-4-6-17/h1-2,7,12,16H,3-6,8H2. The maximum Gasteiger partial charge on any atom is 0.264 e. The summed E-state index contributed by atoms with van der Waals surface area (Å²) in [5.41, 5.74) is 1.14. The molecule has 2 rings (SSSR count). The van der Waals surface area contributed by atoms with Crippen molar-refractivity contribution in [1.82, 2.24) is 10.2 Å². The van der Waals surface area contributed by atoms with Gasteiger partial charge in [-0.2, -0.15) is 0 Å². The average Bonchev–Trinajstić information content (AvgIpc) is 2.30. The van der Waals surface area contributed by atoms with E-state index in [1.165, 1.54) is 6.07 Å². The maximum atomic E-state index is 12.6. The lowest BCUT2D eigenvalue weighted by Crippen LogP contribution is -2.42. The van der Waals surface area contributed by atoms with Gasteiger partial charge in [0.25, 0.3) is 6.43 Å². The molecule has 1 aromatic rings. The van der Waals surface area contributed by atoms with E-state index in [0.29, 0.717) is 4.47 Å². The van der Waals surface area contributed by atoms with Gasteiger partial charge in [0.2, 0.25) is 0 Å². The molecule has 17 heavy (non-hydrogen) atoms. The van der Waals surface area contributed by atoms with E-state index in [9.17, 15) is 8.78 Å². The largest absolute Gasteiger partial charge is 0.314 e. The highest BCUT2D eigenvalue weighted by molar-refractivity contribution is 9.10. The molecule has 0 unspecified atom stereocenters. The van der Waals surface area contributed by atoms with Crippen LogP contribution in [0.4, 0.5) is 8.78 Å². The Hall–Kier alpha value is -0.520. The van der Waals surface area contributed by atoms with Gasteiger partial charge in [-0.25, -0.2) is 8.78 Å². The number of hydrogen-bond acceptors (Lipinski definition) is 2. The normalized spacial score (nSPS) is 17.6. The van der Waals surface area contributed by atoms with Crippen molar-refractivity contribution in [1.29, 1.82) is 0 Å². The van der Waals surface area contributed by atoms with Crippen molar-refractivity contribution in [3.8, 4) is 0 Å². The molecule has 0 radical (unpaired) electrons. The van der Waals surface area contributed by atoms with Gasteiger partial charge in [-0.05, 0) is 11.6 Å². The molecule has 0 aliphatic carbocycles. The summed E-state index contributed by atoms with van der Waals surface area (Å²) >= 11 is 3.20. The first-order valence-corrected chi connectivity index (χ1v) is 6.45. The second-order valence-corrected chi connectivity index (χ2v) is 5.04. The van der Waals surface area contributed by atoms with Crippen molar-refractivity contribution in [2.75, 3.05) is 26.2 Å². The molecule has 1 fully saturated rings. The number of rotatable bonds is 3. The number of halogens is 3. The third-order valence-corrected chi connectivity index (χ3v) is 3.60. The van der Waals surface area contributed by atoms with Gasteiger partial charge in [-0.15, -0.1) is 0 Å². The molecule has 2 nitrogen and oxygen atoms in total. The number of benzene rings is 1. The second kappa shape index (κ2) is 5.89. The number of hydrogen-bond donors (Lipinski definition) is 1. The minimum Gasteiger partial charge on any atom is -0.314 e. The molecular weight excluding hydrogens is 290 g/mol. The van der Waals surface area contributed by atoms with Crippen molar-refractivity contribution < 1.29 is 8.78 Å². The first-order valence-electron chi connectivity index (χ1n) is 5.66. The number of nitrogens with zero attached hydrogens (tertiary/aromatic N) is 1. The first-order chi connectivity index (χ1) is 8.16. The van der Waals surface area contributed by atoms with Crippen LogP contribution in [-0.4, -0.2) is 31.1 Å². The Morgan fingerprint density at radius 3 is 2.59 bits per heavy atom. The van der Waals surface area contributed by atoms with Crippen LogP contribution >= 0.6 is 15.9 Å². The third kappa shape index (κ3) is 3.47. The molecule has 94 valence electrons. The fourth-order valence-corrected chi connectivity index (χ4v) is 2.57. The average molecular weight is 305 g/mol. The smallest absolute Gasteiger partial charge is 0.264 e. The number of piperazine rings is 1. The summed E-state index contributed by atoms with van der Waals surface area (Å²) in [4.78, 5) is 2.32. The summed E-state index contributed by atoms with van der Waals surface area (Å²) in [5.74, 6) is 0. The highest BCUT2D eigenvalue weighted by Crippen LogP contribution is 2.28. The molecule has 1 aliphatic heterocycles. The van der Waals surface area contributed by atoms with Crippen molar-refractivity contribution in [3.63, 3.8) is 0 Å². The lowest BCUT2D eigenvalue weighted by Gasteiger charge is -2.27. The van der Waals surface area contributed by atoms with Gasteiger partial charge in [-0.1, -0.05) is 28.1 Å². The second-order valence-electron chi connectivity index (χ2n) is 4.18. The van der Waals surface area contributed by atoms with Crippen molar-refractivity contribution in [3.05, 3.63) is 33.8 Å². The van der Waals surface area contributed by atoms with E-state index in [4.69, 9.17) is 0 Å². The zero-order valence-corrected chi connectivity index (χ0v) is 11.0. The Kier molecular flexibility index (Phi) is 4.48. The van der Waals surface area contributed by atoms with Gasteiger partial charge >= 0.3 is 0 Å². The van der Waals surface area contributed by atoms with Crippen LogP contribution in [0.3, 0.4) is 0 Å². The third-order valence-electron chi connectivity index (χ3n) is 2.92. The SMILES string of the molecule is FC(F)c1ccc(CN2CCNCC2)cc1Br. The van der Waals surface area contributed by atoms with Gasteiger partial charge in [0.05, 0.1) is 0 Å². The van der Waals surface area contributed by atoms with Gasteiger partial charge < -0.3 is 5.32 Å². The summed E-state index contributed by atoms with van der Waals surface area (Å²) in [6.45, 7) is 4.83. The van der Waals surface area contributed by atoms with Crippen LogP contribution < -0.4 is 5.32 Å². The van der Waals surface area contributed by atoms with E-state index in [-0.39, 0.29) is 5.56 Å². The molecule has 1 heterocycles. The van der Waals surface area contributed by atoms with Crippen LogP contribution in [0.1, 0.15) is 17.6 Å². The fourth-order valence-electron chi connectivity index (χ4n) is 1.97. The summed E-state index contributed by atoms with van der Waals surface area (Å²) in [6, 6.07) is 5.09. The van der Waals surface area contributed by atoms with Gasteiger partial charge in [0, 0.05) is 42.8 Å². The van der Waals surface area contributed by atoms with Gasteiger partial charge in [0.1, 0.15) is 0 Å². The highest BCUT2D eigenvalue weighted by atomic mass is 79.9. The Labute approximate surface area is 108 Å². The molecule has 1 N–H and O–H groups in total. The fraction of sp³-hybridized carbons (Fsp3) is 0.500. The monoisotopic (exact) mass is 304 g/mol. The molecule has 1 aliphatic rings. The minimum atomic E-state index is -2.42. The molecule has 0 atom stereocenters. The summed E-state index contributed by atoms with van der Waals surface area (Å²) in [7, 11) is 0. The van der Waals surface area contributed by atoms with Crippen LogP contribution in [0.5, 0.6) is 0 Å². The Bertz CT molecular complexity index is 379. The van der Waals surface area contributed by atoms with Crippen LogP contribution in [0, 0.1) is 0 Å². The van der Waals surface area contributed by atoms with Crippen molar-refractivity contribution >= 4 is 15.9 Å². The van der Waals surface area contributed by atoms with Gasteiger partial charge in [-0.3, -0.25) is 4.90 Å². The zero-order valence-electron chi connectivity index (χ0n) is 9.43. The molecule has 0 bridgehead atoms. The lowest BCUT2D eigenvalue weighted by atomic mass is 10.1. The molecule has 1 saturated heterocycles.